The summed E-state index contributed by atoms with van der Waals surface area (Å²) in [7, 11) is 8.70. The molecule has 0 aliphatic rings. The second kappa shape index (κ2) is 10.2. The maximum atomic E-state index is 13.6. The Hall–Kier alpha value is -2.55. The summed E-state index contributed by atoms with van der Waals surface area (Å²) < 4.78 is 16.9. The molecule has 0 spiro atoms. The zero-order valence-electron chi connectivity index (χ0n) is 18.3. The van der Waals surface area contributed by atoms with Crippen molar-refractivity contribution in [2.75, 3.05) is 53.4 Å². The number of aromatic nitrogens is 1. The Balaban J connectivity index is 2.05. The lowest BCUT2D eigenvalue weighted by atomic mass is 10.1. The molecule has 166 valence electrons. The summed E-state index contributed by atoms with van der Waals surface area (Å²) >= 11 is 7.77. The van der Waals surface area contributed by atoms with E-state index in [1.165, 1.54) is 11.3 Å². The van der Waals surface area contributed by atoms with Gasteiger partial charge in [0, 0.05) is 18.2 Å². The summed E-state index contributed by atoms with van der Waals surface area (Å²) in [6.45, 7) is 1.33. The first kappa shape index (κ1) is 23.1. The second-order valence-electron chi connectivity index (χ2n) is 7.14. The maximum Gasteiger partial charge on any atom is 0.260 e. The quantitative estimate of drug-likeness (QED) is 0.463. The van der Waals surface area contributed by atoms with E-state index in [0.29, 0.717) is 45.0 Å². The van der Waals surface area contributed by atoms with Crippen molar-refractivity contribution in [1.82, 2.24) is 9.88 Å². The summed E-state index contributed by atoms with van der Waals surface area (Å²) in [5.74, 6) is 1.52. The van der Waals surface area contributed by atoms with E-state index in [4.69, 9.17) is 30.8 Å². The molecule has 0 radical (unpaired) electrons. The van der Waals surface area contributed by atoms with Crippen LogP contribution in [0, 0.1) is 0 Å². The number of hydrogen-bond donors (Lipinski definition) is 0. The number of rotatable bonds is 9. The van der Waals surface area contributed by atoms with Crippen LogP contribution in [-0.4, -0.2) is 64.3 Å². The molecule has 1 heterocycles. The molecule has 7 nitrogen and oxygen atoms in total. The van der Waals surface area contributed by atoms with E-state index < -0.39 is 0 Å². The van der Waals surface area contributed by atoms with Gasteiger partial charge in [-0.3, -0.25) is 9.69 Å². The molecule has 0 fully saturated rings. The minimum Gasteiger partial charge on any atom is -0.497 e. The number of carbonyl (C=O) groups excluding carboxylic acids is 1. The number of anilines is 1. The lowest BCUT2D eigenvalue weighted by Crippen LogP contribution is -2.33. The largest absolute Gasteiger partial charge is 0.497 e. The highest BCUT2D eigenvalue weighted by molar-refractivity contribution is 7.23. The van der Waals surface area contributed by atoms with Crippen molar-refractivity contribution >= 4 is 44.2 Å². The summed E-state index contributed by atoms with van der Waals surface area (Å²) in [6, 6.07) is 8.68. The molecule has 2 aromatic carbocycles. The third kappa shape index (κ3) is 5.20. The first-order valence-corrected chi connectivity index (χ1v) is 10.9. The van der Waals surface area contributed by atoms with E-state index in [9.17, 15) is 4.79 Å². The van der Waals surface area contributed by atoms with Crippen LogP contribution in [0.2, 0.25) is 5.02 Å². The number of nitrogens with zero attached hydrogens (tertiary/aromatic N) is 3. The Morgan fingerprint density at radius 1 is 1.03 bits per heavy atom. The number of hydrogen-bond acceptors (Lipinski definition) is 7. The molecule has 0 unspecified atom stereocenters. The molecular formula is C22H26ClN3O4S. The molecule has 31 heavy (non-hydrogen) atoms. The van der Waals surface area contributed by atoms with Gasteiger partial charge in [-0.15, -0.1) is 0 Å². The monoisotopic (exact) mass is 463 g/mol. The predicted octanol–water partition coefficient (Wildman–Crippen LogP) is 4.57. The Kier molecular flexibility index (Phi) is 7.59. The van der Waals surface area contributed by atoms with Gasteiger partial charge in [-0.05, 0) is 51.3 Å². The molecule has 3 aromatic rings. The van der Waals surface area contributed by atoms with Crippen molar-refractivity contribution in [1.29, 1.82) is 0 Å². The zero-order valence-corrected chi connectivity index (χ0v) is 19.8. The van der Waals surface area contributed by atoms with Crippen molar-refractivity contribution in [2.24, 2.45) is 0 Å². The minimum absolute atomic E-state index is 0.190. The van der Waals surface area contributed by atoms with Crippen molar-refractivity contribution in [3.05, 3.63) is 40.9 Å². The van der Waals surface area contributed by atoms with Crippen molar-refractivity contribution in [2.45, 2.75) is 6.42 Å². The average Bonchev–Trinajstić information content (AvgIpc) is 3.22. The Bertz CT molecular complexity index is 1050. The van der Waals surface area contributed by atoms with Gasteiger partial charge < -0.3 is 19.1 Å². The molecule has 9 heteroatoms. The third-order valence-corrected chi connectivity index (χ3v) is 6.27. The normalized spacial score (nSPS) is 11.1. The van der Waals surface area contributed by atoms with Gasteiger partial charge in [0.25, 0.3) is 5.91 Å². The Morgan fingerprint density at radius 3 is 2.29 bits per heavy atom. The van der Waals surface area contributed by atoms with E-state index in [2.05, 4.69) is 4.90 Å². The molecule has 0 atom stereocenters. The predicted molar refractivity (Wildman–Crippen MR) is 126 cm³/mol. The van der Waals surface area contributed by atoms with E-state index in [0.717, 1.165) is 17.7 Å². The van der Waals surface area contributed by atoms with Crippen molar-refractivity contribution in [3.63, 3.8) is 0 Å². The van der Waals surface area contributed by atoms with Gasteiger partial charge in [-0.1, -0.05) is 22.9 Å². The van der Waals surface area contributed by atoms with Gasteiger partial charge in [-0.25, -0.2) is 4.98 Å². The van der Waals surface area contributed by atoms with E-state index in [1.807, 2.05) is 14.1 Å². The molecular weight excluding hydrogens is 438 g/mol. The lowest BCUT2D eigenvalue weighted by Gasteiger charge is -2.21. The lowest BCUT2D eigenvalue weighted by molar-refractivity contribution is 0.0985. The number of methoxy groups -OCH3 is 3. The highest BCUT2D eigenvalue weighted by Crippen LogP contribution is 2.39. The van der Waals surface area contributed by atoms with E-state index in [-0.39, 0.29) is 5.91 Å². The highest BCUT2D eigenvalue weighted by atomic mass is 35.5. The maximum absolute atomic E-state index is 13.6. The van der Waals surface area contributed by atoms with Crippen LogP contribution in [-0.2, 0) is 0 Å². The first-order valence-electron chi connectivity index (χ1n) is 9.70. The number of ether oxygens (including phenoxy) is 3. The molecule has 0 saturated carbocycles. The van der Waals surface area contributed by atoms with Gasteiger partial charge in [0.15, 0.2) is 5.13 Å². The molecule has 0 aliphatic carbocycles. The number of carbonyl (C=O) groups is 1. The van der Waals surface area contributed by atoms with Gasteiger partial charge >= 0.3 is 0 Å². The van der Waals surface area contributed by atoms with Crippen molar-refractivity contribution in [3.8, 4) is 17.2 Å². The topological polar surface area (TPSA) is 64.1 Å². The van der Waals surface area contributed by atoms with Crippen LogP contribution < -0.4 is 19.1 Å². The SMILES string of the molecule is COc1cc(OC)cc(C(=O)N(CCCN(C)C)c2nc3c(OC)ccc(Cl)c3s2)c1. The van der Waals surface area contributed by atoms with Crippen LogP contribution >= 0.6 is 22.9 Å². The second-order valence-corrected chi connectivity index (χ2v) is 8.52. The van der Waals surface area contributed by atoms with Crippen LogP contribution in [0.25, 0.3) is 10.2 Å². The smallest absolute Gasteiger partial charge is 0.260 e. The summed E-state index contributed by atoms with van der Waals surface area (Å²) in [5, 5.41) is 1.13. The summed E-state index contributed by atoms with van der Waals surface area (Å²) in [6.07, 6.45) is 0.778. The molecule has 1 amide bonds. The number of fused-ring (bicyclic) bond motifs is 1. The number of benzene rings is 2. The molecule has 0 saturated heterocycles. The van der Waals surface area contributed by atoms with Crippen LogP contribution in [0.15, 0.2) is 30.3 Å². The van der Waals surface area contributed by atoms with Gasteiger partial charge in [0.2, 0.25) is 0 Å². The number of halogens is 1. The van der Waals surface area contributed by atoms with E-state index in [1.54, 1.807) is 56.6 Å². The van der Waals surface area contributed by atoms with Gasteiger partial charge in [-0.2, -0.15) is 0 Å². The van der Waals surface area contributed by atoms with Crippen LogP contribution in [0.3, 0.4) is 0 Å². The first-order chi connectivity index (χ1) is 14.9. The van der Waals surface area contributed by atoms with E-state index >= 15 is 0 Å². The highest BCUT2D eigenvalue weighted by Gasteiger charge is 2.24. The third-order valence-electron chi connectivity index (χ3n) is 4.73. The summed E-state index contributed by atoms with van der Waals surface area (Å²) in [4.78, 5) is 22.0. The fourth-order valence-electron chi connectivity index (χ4n) is 3.14. The Labute approximate surface area is 191 Å². The van der Waals surface area contributed by atoms with Crippen molar-refractivity contribution < 1.29 is 19.0 Å². The fourth-order valence-corrected chi connectivity index (χ4v) is 4.42. The van der Waals surface area contributed by atoms with Crippen LogP contribution in [0.5, 0.6) is 17.2 Å². The fraction of sp³-hybridized carbons (Fsp3) is 0.364. The number of thiazole rings is 1. The van der Waals surface area contributed by atoms with Crippen LogP contribution in [0.1, 0.15) is 16.8 Å². The average molecular weight is 464 g/mol. The standard InChI is InChI=1S/C22H26ClN3O4S/c1-25(2)9-6-10-26(21(27)14-11-15(28-3)13-16(12-14)29-4)22-24-19-18(30-5)8-7-17(23)20(19)31-22/h7-8,11-13H,6,9-10H2,1-5H3. The number of amides is 1. The molecule has 0 aliphatic heterocycles. The van der Waals surface area contributed by atoms with Crippen LogP contribution in [0.4, 0.5) is 5.13 Å². The molecule has 0 bridgehead atoms. The summed E-state index contributed by atoms with van der Waals surface area (Å²) in [5.41, 5.74) is 1.10. The molecule has 3 rings (SSSR count). The zero-order chi connectivity index (χ0) is 22.5. The molecule has 0 N–H and O–H groups in total. The Morgan fingerprint density at radius 2 is 1.71 bits per heavy atom. The van der Waals surface area contributed by atoms with Gasteiger partial charge in [0.1, 0.15) is 22.8 Å². The minimum atomic E-state index is -0.190. The van der Waals surface area contributed by atoms with Gasteiger partial charge in [0.05, 0.1) is 31.1 Å². The molecule has 1 aromatic heterocycles.